The monoisotopic (exact) mass is 312 g/mol. The van der Waals surface area contributed by atoms with Crippen LogP contribution in [-0.2, 0) is 6.42 Å². The second-order valence-corrected chi connectivity index (χ2v) is 5.95. The van der Waals surface area contributed by atoms with Gasteiger partial charge < -0.3 is 4.74 Å². The van der Waals surface area contributed by atoms with Crippen molar-refractivity contribution >= 4 is 0 Å². The highest BCUT2D eigenvalue weighted by atomic mass is 16.5. The zero-order valence-corrected chi connectivity index (χ0v) is 14.4. The predicted molar refractivity (Wildman–Crippen MR) is 95.7 cm³/mol. The smallest absolute Gasteiger partial charge is 0.159 e. The number of aryl methyl sites for hydroxylation is 1. The minimum Gasteiger partial charge on any atom is -0.490 e. The number of hydrogen-bond acceptors (Lipinski definition) is 3. The van der Waals surface area contributed by atoms with Crippen molar-refractivity contribution in [2.24, 2.45) is 0 Å². The molecule has 0 amide bonds. The Hall–Kier alpha value is -1.90. The molecule has 3 heteroatoms. The number of ether oxygens (including phenoxy) is 1. The Bertz CT molecular complexity index is 549. The molecule has 3 nitrogen and oxygen atoms in total. The van der Waals surface area contributed by atoms with Gasteiger partial charge in [0.2, 0.25) is 0 Å². The second-order valence-electron chi connectivity index (χ2n) is 5.95. The minimum atomic E-state index is 0.745. The van der Waals surface area contributed by atoms with E-state index >= 15 is 0 Å². The Balaban J connectivity index is 1.86. The first-order chi connectivity index (χ1) is 11.3. The van der Waals surface area contributed by atoms with Crippen molar-refractivity contribution in [1.82, 2.24) is 9.97 Å². The highest BCUT2D eigenvalue weighted by molar-refractivity contribution is 5.55. The Kier molecular flexibility index (Phi) is 7.58. The molecule has 0 spiro atoms. The lowest BCUT2D eigenvalue weighted by atomic mass is 10.1. The van der Waals surface area contributed by atoms with Crippen molar-refractivity contribution in [2.45, 2.75) is 58.8 Å². The van der Waals surface area contributed by atoms with Gasteiger partial charge in [-0.2, -0.15) is 0 Å². The third kappa shape index (κ3) is 6.01. The first-order valence-electron chi connectivity index (χ1n) is 8.87. The summed E-state index contributed by atoms with van der Waals surface area (Å²) in [6.07, 6.45) is 12.0. The van der Waals surface area contributed by atoms with Crippen molar-refractivity contribution in [3.8, 4) is 17.1 Å². The average molecular weight is 312 g/mol. The van der Waals surface area contributed by atoms with Crippen LogP contribution in [0.3, 0.4) is 0 Å². The summed E-state index contributed by atoms with van der Waals surface area (Å²) < 4.78 is 5.68. The zero-order chi connectivity index (χ0) is 16.3. The van der Waals surface area contributed by atoms with E-state index in [-0.39, 0.29) is 0 Å². The van der Waals surface area contributed by atoms with Crippen LogP contribution in [0.5, 0.6) is 5.75 Å². The van der Waals surface area contributed by atoms with Crippen LogP contribution in [0.4, 0.5) is 0 Å². The molecule has 0 atom stereocenters. The maximum Gasteiger partial charge on any atom is 0.159 e. The van der Waals surface area contributed by atoms with Crippen LogP contribution >= 0.6 is 0 Å². The average Bonchev–Trinajstić information content (AvgIpc) is 2.61. The van der Waals surface area contributed by atoms with Gasteiger partial charge in [0.15, 0.2) is 11.6 Å². The fourth-order valence-corrected chi connectivity index (χ4v) is 2.46. The van der Waals surface area contributed by atoms with E-state index in [2.05, 4.69) is 48.1 Å². The summed E-state index contributed by atoms with van der Waals surface area (Å²) in [4.78, 5) is 8.84. The molecule has 2 rings (SSSR count). The van der Waals surface area contributed by atoms with Crippen LogP contribution in [0.1, 0.15) is 57.9 Å². The van der Waals surface area contributed by atoms with Crippen LogP contribution in [0, 0.1) is 0 Å². The molecule has 124 valence electrons. The molecule has 0 aliphatic heterocycles. The molecule has 1 aromatic carbocycles. The molecule has 0 fully saturated rings. The number of hydrogen-bond donors (Lipinski definition) is 0. The van der Waals surface area contributed by atoms with Crippen molar-refractivity contribution < 1.29 is 4.74 Å². The van der Waals surface area contributed by atoms with Gasteiger partial charge in [-0.1, -0.05) is 63.8 Å². The van der Waals surface area contributed by atoms with Crippen molar-refractivity contribution in [1.29, 1.82) is 0 Å². The molecule has 0 bridgehead atoms. The Morgan fingerprint density at radius 1 is 0.826 bits per heavy atom. The molecule has 0 saturated heterocycles. The third-order valence-electron chi connectivity index (χ3n) is 3.93. The van der Waals surface area contributed by atoms with Crippen molar-refractivity contribution in [2.75, 3.05) is 6.61 Å². The van der Waals surface area contributed by atoms with Gasteiger partial charge in [0, 0.05) is 5.56 Å². The first-order valence-corrected chi connectivity index (χ1v) is 8.87. The van der Waals surface area contributed by atoms with Crippen LogP contribution in [0.25, 0.3) is 11.4 Å². The SMILES string of the molecule is CCCCCCOc1cnc(-c2ccc(CCCC)cc2)nc1. The van der Waals surface area contributed by atoms with Gasteiger partial charge in [-0.25, -0.2) is 9.97 Å². The normalized spacial score (nSPS) is 10.7. The lowest BCUT2D eigenvalue weighted by molar-refractivity contribution is 0.303. The molecule has 0 radical (unpaired) electrons. The van der Waals surface area contributed by atoms with Crippen LogP contribution in [0.2, 0.25) is 0 Å². The Morgan fingerprint density at radius 3 is 2.17 bits per heavy atom. The molecule has 0 saturated carbocycles. The topological polar surface area (TPSA) is 35.0 Å². The number of unbranched alkanes of at least 4 members (excludes halogenated alkanes) is 4. The Labute approximate surface area is 140 Å². The van der Waals surface area contributed by atoms with E-state index in [1.807, 2.05) is 0 Å². The number of nitrogens with zero attached hydrogens (tertiary/aromatic N) is 2. The summed E-state index contributed by atoms with van der Waals surface area (Å²) in [5.41, 5.74) is 2.43. The van der Waals surface area contributed by atoms with E-state index in [0.717, 1.165) is 36.6 Å². The maximum absolute atomic E-state index is 5.68. The quantitative estimate of drug-likeness (QED) is 0.547. The van der Waals surface area contributed by atoms with Gasteiger partial charge >= 0.3 is 0 Å². The highest BCUT2D eigenvalue weighted by Gasteiger charge is 2.02. The molecule has 0 N–H and O–H groups in total. The van der Waals surface area contributed by atoms with Gasteiger partial charge in [0.25, 0.3) is 0 Å². The van der Waals surface area contributed by atoms with Gasteiger partial charge in [-0.05, 0) is 24.8 Å². The van der Waals surface area contributed by atoms with E-state index < -0.39 is 0 Å². The summed E-state index contributed by atoms with van der Waals surface area (Å²) in [5.74, 6) is 1.51. The van der Waals surface area contributed by atoms with Gasteiger partial charge in [-0.3, -0.25) is 0 Å². The highest BCUT2D eigenvalue weighted by Crippen LogP contribution is 2.18. The largest absolute Gasteiger partial charge is 0.490 e. The van der Waals surface area contributed by atoms with Crippen molar-refractivity contribution in [3.63, 3.8) is 0 Å². The molecular formula is C20H28N2O. The van der Waals surface area contributed by atoms with E-state index in [9.17, 15) is 0 Å². The number of rotatable bonds is 10. The van der Waals surface area contributed by atoms with E-state index in [0.29, 0.717) is 0 Å². The van der Waals surface area contributed by atoms with E-state index in [1.54, 1.807) is 12.4 Å². The zero-order valence-electron chi connectivity index (χ0n) is 14.4. The lowest BCUT2D eigenvalue weighted by Crippen LogP contribution is -1.99. The molecule has 2 aromatic rings. The predicted octanol–water partition coefficient (Wildman–Crippen LogP) is 5.45. The first kappa shape index (κ1) is 17.5. The molecule has 0 aliphatic carbocycles. The van der Waals surface area contributed by atoms with Gasteiger partial charge in [0.05, 0.1) is 19.0 Å². The third-order valence-corrected chi connectivity index (χ3v) is 3.93. The fraction of sp³-hybridized carbons (Fsp3) is 0.500. The summed E-state index contributed by atoms with van der Waals surface area (Å²) in [6.45, 7) is 5.17. The molecule has 0 unspecified atom stereocenters. The summed E-state index contributed by atoms with van der Waals surface area (Å²) in [5, 5.41) is 0. The van der Waals surface area contributed by atoms with E-state index in [4.69, 9.17) is 4.74 Å². The maximum atomic E-state index is 5.68. The fourth-order valence-electron chi connectivity index (χ4n) is 2.46. The molecule has 0 aliphatic rings. The van der Waals surface area contributed by atoms with Crippen molar-refractivity contribution in [3.05, 3.63) is 42.2 Å². The Morgan fingerprint density at radius 2 is 1.52 bits per heavy atom. The van der Waals surface area contributed by atoms with Gasteiger partial charge in [0.1, 0.15) is 0 Å². The lowest BCUT2D eigenvalue weighted by Gasteiger charge is -2.06. The molecular weight excluding hydrogens is 284 g/mol. The second kappa shape index (κ2) is 9.98. The summed E-state index contributed by atoms with van der Waals surface area (Å²) in [6, 6.07) is 8.55. The number of benzene rings is 1. The summed E-state index contributed by atoms with van der Waals surface area (Å²) >= 11 is 0. The summed E-state index contributed by atoms with van der Waals surface area (Å²) in [7, 11) is 0. The molecule has 1 aromatic heterocycles. The molecule has 1 heterocycles. The van der Waals surface area contributed by atoms with Crippen LogP contribution in [-0.4, -0.2) is 16.6 Å². The molecule has 23 heavy (non-hydrogen) atoms. The van der Waals surface area contributed by atoms with Crippen LogP contribution in [0.15, 0.2) is 36.7 Å². The van der Waals surface area contributed by atoms with Crippen LogP contribution < -0.4 is 4.74 Å². The standard InChI is InChI=1S/C20H28N2O/c1-3-5-7-8-14-23-19-15-21-20(22-16-19)18-12-10-17(11-13-18)9-6-4-2/h10-13,15-16H,3-9,14H2,1-2H3. The van der Waals surface area contributed by atoms with Gasteiger partial charge in [-0.15, -0.1) is 0 Å². The minimum absolute atomic E-state index is 0.745. The van der Waals surface area contributed by atoms with E-state index in [1.165, 1.54) is 37.7 Å². The number of aromatic nitrogens is 2.